The van der Waals surface area contributed by atoms with Crippen LogP contribution in [0.1, 0.15) is 27.0 Å². The van der Waals surface area contributed by atoms with Gasteiger partial charge in [0.25, 0.3) is 5.91 Å². The van der Waals surface area contributed by atoms with Crippen molar-refractivity contribution in [3.63, 3.8) is 0 Å². The monoisotopic (exact) mass is 592 g/mol. The molecule has 43 heavy (non-hydrogen) atoms. The van der Waals surface area contributed by atoms with Crippen LogP contribution in [0.5, 0.6) is 5.75 Å². The number of carbonyl (C=O) groups is 1. The molecule has 0 aliphatic carbocycles. The third-order valence-corrected chi connectivity index (χ3v) is 8.30. The minimum Gasteiger partial charge on any atom is -0.497 e. The van der Waals surface area contributed by atoms with E-state index in [0.717, 1.165) is 73.2 Å². The molecule has 0 unspecified atom stereocenters. The van der Waals surface area contributed by atoms with Crippen molar-refractivity contribution in [3.05, 3.63) is 89.0 Å². The molecular weight excluding hydrogens is 557 g/mol. The highest BCUT2D eigenvalue weighted by Gasteiger charge is 2.30. The lowest BCUT2D eigenvalue weighted by Crippen LogP contribution is -2.48. The predicted octanol–water partition coefficient (Wildman–Crippen LogP) is 4.87. The van der Waals surface area contributed by atoms with E-state index < -0.39 is 11.7 Å². The first-order valence-corrected chi connectivity index (χ1v) is 14.5. The summed E-state index contributed by atoms with van der Waals surface area (Å²) in [6.45, 7) is 7.47. The summed E-state index contributed by atoms with van der Waals surface area (Å²) in [5.74, 6) is 1.65. The number of hydrogen-bond donors (Lipinski definition) is 1. The number of piperazine rings is 2. The molecule has 3 aromatic carbocycles. The highest BCUT2D eigenvalue weighted by molar-refractivity contribution is 5.97. The molecule has 2 aliphatic rings. The first-order chi connectivity index (χ1) is 20.7. The fourth-order valence-corrected chi connectivity index (χ4v) is 5.73. The van der Waals surface area contributed by atoms with E-state index in [2.05, 4.69) is 31.8 Å². The van der Waals surface area contributed by atoms with Gasteiger partial charge in [-0.15, -0.1) is 0 Å². The van der Waals surface area contributed by atoms with Gasteiger partial charge >= 0.3 is 6.18 Å². The molecule has 8 nitrogen and oxygen atoms in total. The van der Waals surface area contributed by atoms with Crippen LogP contribution >= 0.6 is 0 Å². The van der Waals surface area contributed by atoms with Crippen LogP contribution < -0.4 is 9.64 Å². The first-order valence-electron chi connectivity index (χ1n) is 14.5. The average Bonchev–Trinajstić information content (AvgIpc) is 3.45. The lowest BCUT2D eigenvalue weighted by Gasteiger charge is -2.34. The Labute approximate surface area is 248 Å². The fourth-order valence-electron chi connectivity index (χ4n) is 5.73. The van der Waals surface area contributed by atoms with Crippen LogP contribution in [0.25, 0.3) is 11.0 Å². The Balaban J connectivity index is 1.01. The molecule has 0 bridgehead atoms. The number of anilines is 1. The SMILES string of the molecule is COc1ccc(CN2CCN(c3nc4ccc(C(=O)N5CCN(Cc6ccc(C(F)(F)F)cc6)CC5)cc4[nH]3)CC2)cc1. The normalized spacial score (nSPS) is 17.0. The van der Waals surface area contributed by atoms with Gasteiger partial charge in [0, 0.05) is 71.0 Å². The molecule has 3 heterocycles. The molecule has 2 fully saturated rings. The average molecular weight is 593 g/mol. The minimum absolute atomic E-state index is 0.0284. The third-order valence-electron chi connectivity index (χ3n) is 8.30. The number of ether oxygens (including phenoxy) is 1. The van der Waals surface area contributed by atoms with Crippen LogP contribution in [0, 0.1) is 0 Å². The molecule has 6 rings (SSSR count). The molecule has 1 N–H and O–H groups in total. The topological polar surface area (TPSA) is 67.9 Å². The quantitative estimate of drug-likeness (QED) is 0.331. The van der Waals surface area contributed by atoms with Crippen molar-refractivity contribution in [2.24, 2.45) is 0 Å². The van der Waals surface area contributed by atoms with E-state index in [9.17, 15) is 18.0 Å². The highest BCUT2D eigenvalue weighted by Crippen LogP contribution is 2.29. The number of methoxy groups -OCH3 is 1. The smallest absolute Gasteiger partial charge is 0.416 e. The van der Waals surface area contributed by atoms with Crippen LogP contribution in [-0.4, -0.2) is 90.0 Å². The summed E-state index contributed by atoms with van der Waals surface area (Å²) in [4.78, 5) is 30.2. The summed E-state index contributed by atoms with van der Waals surface area (Å²) in [6, 6.07) is 19.1. The number of nitrogens with one attached hydrogen (secondary N) is 1. The molecule has 2 aliphatic heterocycles. The van der Waals surface area contributed by atoms with Crippen LogP contribution in [0.2, 0.25) is 0 Å². The van der Waals surface area contributed by atoms with Crippen LogP contribution in [0.3, 0.4) is 0 Å². The second-order valence-electron chi connectivity index (χ2n) is 11.2. The van der Waals surface area contributed by atoms with E-state index in [4.69, 9.17) is 9.72 Å². The number of amides is 1. The summed E-state index contributed by atoms with van der Waals surface area (Å²) in [7, 11) is 1.67. The van der Waals surface area contributed by atoms with Crippen molar-refractivity contribution in [2.75, 3.05) is 64.4 Å². The Hall–Kier alpha value is -4.09. The maximum atomic E-state index is 13.3. The number of imidazole rings is 1. The van der Waals surface area contributed by atoms with Gasteiger partial charge in [-0.25, -0.2) is 4.98 Å². The molecule has 4 aromatic rings. The number of fused-ring (bicyclic) bond motifs is 1. The summed E-state index contributed by atoms with van der Waals surface area (Å²) in [5, 5.41) is 0. The summed E-state index contributed by atoms with van der Waals surface area (Å²) in [6.07, 6.45) is -4.33. The Bertz CT molecular complexity index is 1540. The number of hydrogen-bond acceptors (Lipinski definition) is 6. The number of rotatable bonds is 7. The van der Waals surface area contributed by atoms with Gasteiger partial charge in [-0.2, -0.15) is 13.2 Å². The van der Waals surface area contributed by atoms with Gasteiger partial charge in [0.1, 0.15) is 5.75 Å². The van der Waals surface area contributed by atoms with Crippen molar-refractivity contribution in [1.29, 1.82) is 0 Å². The third kappa shape index (κ3) is 6.78. The van der Waals surface area contributed by atoms with Gasteiger partial charge in [0.15, 0.2) is 0 Å². The number of aromatic nitrogens is 2. The highest BCUT2D eigenvalue weighted by atomic mass is 19.4. The maximum absolute atomic E-state index is 13.3. The summed E-state index contributed by atoms with van der Waals surface area (Å²) in [5.41, 5.74) is 3.72. The van der Waals surface area contributed by atoms with Crippen LogP contribution in [0.15, 0.2) is 66.7 Å². The van der Waals surface area contributed by atoms with Crippen LogP contribution in [-0.2, 0) is 19.3 Å². The van der Waals surface area contributed by atoms with E-state index in [1.165, 1.54) is 17.7 Å². The number of halogens is 3. The second kappa shape index (κ2) is 12.3. The number of nitrogens with zero attached hydrogens (tertiary/aromatic N) is 5. The van der Waals surface area contributed by atoms with E-state index in [1.54, 1.807) is 7.11 Å². The maximum Gasteiger partial charge on any atom is 0.416 e. The van der Waals surface area contributed by atoms with Gasteiger partial charge in [0.2, 0.25) is 5.95 Å². The van der Waals surface area contributed by atoms with Gasteiger partial charge in [0.05, 0.1) is 23.7 Å². The lowest BCUT2D eigenvalue weighted by atomic mass is 10.1. The largest absolute Gasteiger partial charge is 0.497 e. The zero-order chi connectivity index (χ0) is 30.0. The fraction of sp³-hybridized carbons (Fsp3) is 0.375. The van der Waals surface area contributed by atoms with Crippen molar-refractivity contribution < 1.29 is 22.7 Å². The van der Waals surface area contributed by atoms with E-state index in [1.807, 2.05) is 35.2 Å². The zero-order valence-electron chi connectivity index (χ0n) is 24.1. The number of H-pyrrole nitrogens is 1. The first kappa shape index (κ1) is 29.0. The minimum atomic E-state index is -4.33. The van der Waals surface area contributed by atoms with Crippen molar-refractivity contribution in [3.8, 4) is 5.75 Å². The number of carbonyl (C=O) groups excluding carboxylic acids is 1. The number of aromatic amines is 1. The van der Waals surface area contributed by atoms with E-state index in [0.29, 0.717) is 38.3 Å². The van der Waals surface area contributed by atoms with Gasteiger partial charge in [-0.3, -0.25) is 14.6 Å². The molecule has 226 valence electrons. The van der Waals surface area contributed by atoms with Crippen molar-refractivity contribution in [2.45, 2.75) is 19.3 Å². The van der Waals surface area contributed by atoms with Gasteiger partial charge in [-0.05, 0) is 53.6 Å². The zero-order valence-corrected chi connectivity index (χ0v) is 24.1. The molecule has 0 atom stereocenters. The molecule has 0 spiro atoms. The molecule has 1 aromatic heterocycles. The van der Waals surface area contributed by atoms with E-state index >= 15 is 0 Å². The molecule has 2 saturated heterocycles. The van der Waals surface area contributed by atoms with Gasteiger partial charge < -0.3 is 19.5 Å². The summed E-state index contributed by atoms with van der Waals surface area (Å²) < 4.78 is 43.8. The van der Waals surface area contributed by atoms with Crippen molar-refractivity contribution in [1.82, 2.24) is 24.7 Å². The molecule has 0 saturated carbocycles. The Morgan fingerprint density at radius 2 is 1.40 bits per heavy atom. The van der Waals surface area contributed by atoms with Gasteiger partial charge in [-0.1, -0.05) is 24.3 Å². The Morgan fingerprint density at radius 1 is 0.814 bits per heavy atom. The molecule has 1 amide bonds. The molecule has 0 radical (unpaired) electrons. The predicted molar refractivity (Wildman–Crippen MR) is 159 cm³/mol. The van der Waals surface area contributed by atoms with Crippen LogP contribution in [0.4, 0.5) is 19.1 Å². The van der Waals surface area contributed by atoms with E-state index in [-0.39, 0.29) is 5.91 Å². The standard InChI is InChI=1S/C32H35F3N6O2/c1-43-27-9-4-24(5-10-27)22-39-14-18-41(19-15-39)31-36-28-11-6-25(20-29(28)37-31)30(42)40-16-12-38(13-17-40)21-23-2-7-26(8-3-23)32(33,34)35/h2-11,20H,12-19,21-22H2,1H3,(H,36,37). The van der Waals surface area contributed by atoms with Crippen molar-refractivity contribution >= 4 is 22.9 Å². The Kier molecular flexibility index (Phi) is 8.27. The molecular formula is C32H35F3N6O2. The Morgan fingerprint density at radius 3 is 1.98 bits per heavy atom. The lowest BCUT2D eigenvalue weighted by molar-refractivity contribution is -0.137. The summed E-state index contributed by atoms with van der Waals surface area (Å²) >= 11 is 0. The second-order valence-corrected chi connectivity index (χ2v) is 11.2. The molecule has 11 heteroatoms. The number of benzene rings is 3. The number of alkyl halides is 3.